The van der Waals surface area contributed by atoms with Gasteiger partial charge >= 0.3 is 0 Å². The van der Waals surface area contributed by atoms with Crippen LogP contribution in [0, 0.1) is 5.92 Å². The van der Waals surface area contributed by atoms with Gasteiger partial charge in [-0.05, 0) is 42.5 Å². The van der Waals surface area contributed by atoms with Crippen LogP contribution in [0.5, 0.6) is 5.75 Å². The minimum absolute atomic E-state index is 0.234. The Hall–Kier alpha value is -0.210. The fraction of sp³-hybridized carbons (Fsp3) is 0.538. The second-order valence-electron chi connectivity index (χ2n) is 4.06. The zero-order valence-electron chi connectivity index (χ0n) is 9.97. The summed E-state index contributed by atoms with van der Waals surface area (Å²) in [6.45, 7) is 4.31. The van der Waals surface area contributed by atoms with Gasteiger partial charge < -0.3 is 4.74 Å². The number of alkyl halides is 1. The summed E-state index contributed by atoms with van der Waals surface area (Å²) in [6.07, 6.45) is 1.98. The smallest absolute Gasteiger partial charge is 0.119 e. The molecule has 1 rings (SSSR count). The molecule has 0 aliphatic rings. The van der Waals surface area contributed by atoms with Crippen molar-refractivity contribution in [1.29, 1.82) is 0 Å². The highest BCUT2D eigenvalue weighted by Gasteiger charge is 2.14. The van der Waals surface area contributed by atoms with Crippen LogP contribution in [0.3, 0.4) is 0 Å². The molecule has 1 aromatic carbocycles. The zero-order valence-corrected chi connectivity index (χ0v) is 12.3. The second kappa shape index (κ2) is 6.51. The van der Waals surface area contributed by atoms with Gasteiger partial charge in [-0.3, -0.25) is 0 Å². The van der Waals surface area contributed by atoms with Gasteiger partial charge in [0.05, 0.1) is 7.11 Å². The lowest BCUT2D eigenvalue weighted by atomic mass is 9.96. The average Bonchev–Trinajstić information content (AvgIpc) is 2.30. The van der Waals surface area contributed by atoms with Gasteiger partial charge in [-0.15, -0.1) is 11.6 Å². The minimum Gasteiger partial charge on any atom is -0.497 e. The molecule has 0 radical (unpaired) electrons. The van der Waals surface area contributed by atoms with Gasteiger partial charge in [0.2, 0.25) is 0 Å². The van der Waals surface area contributed by atoms with Gasteiger partial charge in [-0.1, -0.05) is 29.8 Å². The summed E-state index contributed by atoms with van der Waals surface area (Å²) < 4.78 is 6.35. The number of benzene rings is 1. The molecule has 0 saturated heterocycles. The first-order chi connectivity index (χ1) is 7.58. The highest BCUT2D eigenvalue weighted by Crippen LogP contribution is 2.27. The summed E-state index contributed by atoms with van der Waals surface area (Å²) in [4.78, 5) is 0. The molecule has 2 atom stereocenters. The normalized spacial score (nSPS) is 14.6. The van der Waals surface area contributed by atoms with Crippen LogP contribution in [0.15, 0.2) is 22.7 Å². The number of halogens is 2. The van der Waals surface area contributed by atoms with E-state index in [2.05, 4.69) is 35.8 Å². The van der Waals surface area contributed by atoms with Crippen molar-refractivity contribution in [1.82, 2.24) is 0 Å². The maximum absolute atomic E-state index is 6.25. The molecule has 0 fully saturated rings. The molecule has 0 aliphatic carbocycles. The molecule has 0 spiro atoms. The number of rotatable bonds is 5. The fourth-order valence-corrected chi connectivity index (χ4v) is 2.21. The molecule has 0 bridgehead atoms. The van der Waals surface area contributed by atoms with Crippen molar-refractivity contribution in [3.63, 3.8) is 0 Å². The van der Waals surface area contributed by atoms with E-state index in [-0.39, 0.29) is 5.38 Å². The molecule has 0 aromatic heterocycles. The molecule has 0 saturated carbocycles. The molecule has 0 heterocycles. The topological polar surface area (TPSA) is 9.23 Å². The van der Waals surface area contributed by atoms with Gasteiger partial charge in [0.1, 0.15) is 5.75 Å². The lowest BCUT2D eigenvalue weighted by molar-refractivity contribution is 0.413. The van der Waals surface area contributed by atoms with E-state index in [0.717, 1.165) is 23.1 Å². The first-order valence-corrected chi connectivity index (χ1v) is 6.77. The van der Waals surface area contributed by atoms with E-state index >= 15 is 0 Å². The molecule has 1 aromatic rings. The summed E-state index contributed by atoms with van der Waals surface area (Å²) in [6, 6.07) is 6.05. The molecule has 0 N–H and O–H groups in total. The summed E-state index contributed by atoms with van der Waals surface area (Å²) in [5, 5.41) is 0.234. The second-order valence-corrected chi connectivity index (χ2v) is 5.48. The summed E-state index contributed by atoms with van der Waals surface area (Å²) in [5.74, 6) is 1.36. The third kappa shape index (κ3) is 3.67. The van der Waals surface area contributed by atoms with Crippen LogP contribution in [0.4, 0.5) is 0 Å². The Morgan fingerprint density at radius 3 is 2.69 bits per heavy atom. The average molecular weight is 306 g/mol. The largest absolute Gasteiger partial charge is 0.497 e. The quantitative estimate of drug-likeness (QED) is 0.719. The molecule has 1 nitrogen and oxygen atoms in total. The van der Waals surface area contributed by atoms with E-state index in [0.29, 0.717) is 5.92 Å². The van der Waals surface area contributed by atoms with Crippen LogP contribution in [-0.4, -0.2) is 12.5 Å². The first kappa shape index (κ1) is 13.9. The Labute approximate surface area is 111 Å². The van der Waals surface area contributed by atoms with E-state index in [1.807, 2.05) is 12.1 Å². The Morgan fingerprint density at radius 1 is 1.44 bits per heavy atom. The molecule has 3 heteroatoms. The lowest BCUT2D eigenvalue weighted by Gasteiger charge is -2.17. The van der Waals surface area contributed by atoms with Gasteiger partial charge in [-0.2, -0.15) is 0 Å². The summed E-state index contributed by atoms with van der Waals surface area (Å²) >= 11 is 9.81. The molecule has 0 aliphatic heterocycles. The number of hydrogen-bond acceptors (Lipinski definition) is 1. The van der Waals surface area contributed by atoms with Gasteiger partial charge in [0, 0.05) is 9.85 Å². The van der Waals surface area contributed by atoms with Crippen LogP contribution >= 0.6 is 27.5 Å². The third-order valence-corrected chi connectivity index (χ3v) is 4.31. The van der Waals surface area contributed by atoms with Gasteiger partial charge in [-0.25, -0.2) is 0 Å². The minimum atomic E-state index is 0.234. The van der Waals surface area contributed by atoms with E-state index in [9.17, 15) is 0 Å². The molecule has 16 heavy (non-hydrogen) atoms. The highest BCUT2D eigenvalue weighted by atomic mass is 79.9. The maximum atomic E-state index is 6.25. The molecular formula is C13H18BrClO. The highest BCUT2D eigenvalue weighted by molar-refractivity contribution is 9.10. The first-order valence-electron chi connectivity index (χ1n) is 5.55. The zero-order chi connectivity index (χ0) is 12.1. The SMILES string of the molecule is CCC(Cl)C(C)Cc1cc(OC)ccc1Br. The Balaban J connectivity index is 2.79. The maximum Gasteiger partial charge on any atom is 0.119 e. The van der Waals surface area contributed by atoms with Crippen molar-refractivity contribution in [3.8, 4) is 5.75 Å². The summed E-state index contributed by atoms with van der Waals surface area (Å²) in [5.41, 5.74) is 1.26. The fourth-order valence-electron chi connectivity index (χ4n) is 1.71. The molecule has 2 unspecified atom stereocenters. The van der Waals surface area contributed by atoms with E-state index in [1.165, 1.54) is 5.56 Å². The van der Waals surface area contributed by atoms with Crippen molar-refractivity contribution in [2.75, 3.05) is 7.11 Å². The van der Waals surface area contributed by atoms with E-state index in [4.69, 9.17) is 16.3 Å². The van der Waals surface area contributed by atoms with Crippen molar-refractivity contribution in [2.24, 2.45) is 5.92 Å². The van der Waals surface area contributed by atoms with Crippen LogP contribution in [0.25, 0.3) is 0 Å². The van der Waals surface area contributed by atoms with Crippen LogP contribution < -0.4 is 4.74 Å². The number of methoxy groups -OCH3 is 1. The number of ether oxygens (including phenoxy) is 1. The molecule has 90 valence electrons. The molecule has 0 amide bonds. The predicted molar refractivity (Wildman–Crippen MR) is 73.5 cm³/mol. The monoisotopic (exact) mass is 304 g/mol. The van der Waals surface area contributed by atoms with Crippen LogP contribution in [0.2, 0.25) is 0 Å². The molecular weight excluding hydrogens is 287 g/mol. The Morgan fingerprint density at radius 2 is 2.12 bits per heavy atom. The van der Waals surface area contributed by atoms with Crippen molar-refractivity contribution in [2.45, 2.75) is 32.1 Å². The van der Waals surface area contributed by atoms with Gasteiger partial charge in [0.15, 0.2) is 0 Å². The van der Waals surface area contributed by atoms with Crippen LogP contribution in [-0.2, 0) is 6.42 Å². The Bertz CT molecular complexity index is 341. The lowest BCUT2D eigenvalue weighted by Crippen LogP contribution is -2.13. The van der Waals surface area contributed by atoms with Crippen LogP contribution in [0.1, 0.15) is 25.8 Å². The third-order valence-electron chi connectivity index (χ3n) is 2.80. The predicted octanol–water partition coefficient (Wildman–Crippen LogP) is 4.65. The summed E-state index contributed by atoms with van der Waals surface area (Å²) in [7, 11) is 1.69. The Kier molecular flexibility index (Phi) is 5.63. The van der Waals surface area contributed by atoms with Gasteiger partial charge in [0.25, 0.3) is 0 Å². The standard InChI is InChI=1S/C13H18BrClO/c1-4-13(15)9(2)7-10-8-11(16-3)5-6-12(10)14/h5-6,8-9,13H,4,7H2,1-3H3. The van der Waals surface area contributed by atoms with E-state index in [1.54, 1.807) is 7.11 Å². The van der Waals surface area contributed by atoms with Crippen molar-refractivity contribution >= 4 is 27.5 Å². The van der Waals surface area contributed by atoms with E-state index < -0.39 is 0 Å². The van der Waals surface area contributed by atoms with Crippen molar-refractivity contribution in [3.05, 3.63) is 28.2 Å². The number of hydrogen-bond donors (Lipinski definition) is 0. The van der Waals surface area contributed by atoms with Crippen molar-refractivity contribution < 1.29 is 4.74 Å².